The summed E-state index contributed by atoms with van der Waals surface area (Å²) in [5.74, 6) is 3.87. The normalized spacial score (nSPS) is 12.3. The summed E-state index contributed by atoms with van der Waals surface area (Å²) >= 11 is 1.76. The van der Waals surface area contributed by atoms with Gasteiger partial charge in [0, 0.05) is 5.92 Å². The number of benzene rings is 1. The fourth-order valence-corrected chi connectivity index (χ4v) is 3.24. The first kappa shape index (κ1) is 16.7. The summed E-state index contributed by atoms with van der Waals surface area (Å²) in [5.41, 5.74) is 1.00. The van der Waals surface area contributed by atoms with E-state index in [9.17, 15) is 4.79 Å². The van der Waals surface area contributed by atoms with Crippen LogP contribution in [0.1, 0.15) is 31.7 Å². The van der Waals surface area contributed by atoms with Crippen LogP contribution in [0.4, 0.5) is 0 Å². The summed E-state index contributed by atoms with van der Waals surface area (Å²) in [4.78, 5) is 13.6. The Morgan fingerprint density at radius 3 is 2.82 bits per heavy atom. The molecule has 1 heterocycles. The molecule has 1 aromatic carbocycles. The minimum absolute atomic E-state index is 0.248. The number of H-pyrrole nitrogens is 2. The van der Waals surface area contributed by atoms with E-state index in [1.54, 1.807) is 11.8 Å². The van der Waals surface area contributed by atoms with Gasteiger partial charge in [-0.05, 0) is 30.2 Å². The van der Waals surface area contributed by atoms with Crippen LogP contribution < -0.4 is 10.4 Å². The molecule has 22 heavy (non-hydrogen) atoms. The van der Waals surface area contributed by atoms with Crippen molar-refractivity contribution in [2.45, 2.75) is 32.4 Å². The molecule has 0 spiro atoms. The number of nitrogens with zero attached hydrogens (tertiary/aromatic N) is 1. The van der Waals surface area contributed by atoms with Crippen molar-refractivity contribution in [1.29, 1.82) is 0 Å². The van der Waals surface area contributed by atoms with Crippen LogP contribution >= 0.6 is 11.8 Å². The average Bonchev–Trinajstić information content (AvgIpc) is 2.96. The summed E-state index contributed by atoms with van der Waals surface area (Å²) in [5, 5.41) is 6.29. The molecule has 120 valence electrons. The molecule has 0 bridgehead atoms. The fourth-order valence-electron chi connectivity index (χ4n) is 2.12. The van der Waals surface area contributed by atoms with E-state index >= 15 is 0 Å². The van der Waals surface area contributed by atoms with Crippen molar-refractivity contribution in [1.82, 2.24) is 15.2 Å². The SMILES string of the molecule is CCc1ccccc1OCC(CC)CSCc1n[nH]c(=O)[nH]1. The summed E-state index contributed by atoms with van der Waals surface area (Å²) in [6.07, 6.45) is 2.05. The molecule has 5 nitrogen and oxygen atoms in total. The second kappa shape index (κ2) is 8.68. The second-order valence-corrected chi connectivity index (χ2v) is 6.22. The minimum atomic E-state index is -0.248. The average molecular weight is 321 g/mol. The van der Waals surface area contributed by atoms with Crippen LogP contribution in [0.25, 0.3) is 0 Å². The van der Waals surface area contributed by atoms with Gasteiger partial charge in [-0.1, -0.05) is 32.0 Å². The number of hydrogen-bond donors (Lipinski definition) is 2. The van der Waals surface area contributed by atoms with Gasteiger partial charge in [-0.25, -0.2) is 9.89 Å². The maximum absolute atomic E-state index is 11.0. The first-order chi connectivity index (χ1) is 10.7. The number of nitrogens with one attached hydrogen (secondary N) is 2. The highest BCUT2D eigenvalue weighted by Gasteiger charge is 2.10. The molecule has 0 radical (unpaired) electrons. The van der Waals surface area contributed by atoms with Crippen molar-refractivity contribution in [2.75, 3.05) is 12.4 Å². The van der Waals surface area contributed by atoms with Crippen molar-refractivity contribution in [3.8, 4) is 5.75 Å². The Kier molecular flexibility index (Phi) is 6.58. The lowest BCUT2D eigenvalue weighted by atomic mass is 10.1. The van der Waals surface area contributed by atoms with E-state index in [2.05, 4.69) is 35.1 Å². The summed E-state index contributed by atoms with van der Waals surface area (Å²) < 4.78 is 5.99. The van der Waals surface area contributed by atoms with Crippen LogP contribution in [0.5, 0.6) is 5.75 Å². The molecule has 0 amide bonds. The van der Waals surface area contributed by atoms with Crippen molar-refractivity contribution in [2.24, 2.45) is 5.92 Å². The lowest BCUT2D eigenvalue weighted by Crippen LogP contribution is -2.14. The Labute approximate surface area is 134 Å². The molecule has 1 aromatic heterocycles. The molecule has 1 unspecified atom stereocenters. The summed E-state index contributed by atoms with van der Waals surface area (Å²) in [7, 11) is 0. The van der Waals surface area contributed by atoms with Gasteiger partial charge in [0.1, 0.15) is 11.6 Å². The molecule has 0 fully saturated rings. The zero-order valence-electron chi connectivity index (χ0n) is 13.1. The largest absolute Gasteiger partial charge is 0.493 e. The van der Waals surface area contributed by atoms with Crippen LogP contribution in [0.3, 0.4) is 0 Å². The Hall–Kier alpha value is -1.69. The highest BCUT2D eigenvalue weighted by Crippen LogP contribution is 2.21. The molecule has 0 saturated heterocycles. The molecule has 0 saturated carbocycles. The zero-order chi connectivity index (χ0) is 15.8. The molecule has 0 aliphatic rings. The molecule has 1 atom stereocenters. The molecule has 2 aromatic rings. The van der Waals surface area contributed by atoms with Gasteiger partial charge < -0.3 is 4.74 Å². The first-order valence-electron chi connectivity index (χ1n) is 7.64. The van der Waals surface area contributed by atoms with Crippen LogP contribution in [0.15, 0.2) is 29.1 Å². The monoisotopic (exact) mass is 321 g/mol. The van der Waals surface area contributed by atoms with Gasteiger partial charge in [0.2, 0.25) is 0 Å². The van der Waals surface area contributed by atoms with Crippen molar-refractivity contribution in [3.05, 3.63) is 46.1 Å². The molecular weight excluding hydrogens is 298 g/mol. The van der Waals surface area contributed by atoms with E-state index in [0.29, 0.717) is 17.5 Å². The predicted octanol–water partition coefficient (Wildman–Crippen LogP) is 3.00. The Balaban J connectivity index is 1.78. The van der Waals surface area contributed by atoms with Gasteiger partial charge in [0.15, 0.2) is 0 Å². The quantitative estimate of drug-likeness (QED) is 0.745. The van der Waals surface area contributed by atoms with Crippen LogP contribution in [0, 0.1) is 5.92 Å². The Morgan fingerprint density at radius 1 is 1.32 bits per heavy atom. The zero-order valence-corrected chi connectivity index (χ0v) is 13.9. The maximum Gasteiger partial charge on any atom is 0.340 e. The number of rotatable bonds is 9. The fraction of sp³-hybridized carbons (Fsp3) is 0.500. The van der Waals surface area contributed by atoms with Crippen LogP contribution in [0.2, 0.25) is 0 Å². The van der Waals surface area contributed by atoms with Gasteiger partial charge in [0.05, 0.1) is 12.4 Å². The third kappa shape index (κ3) is 4.94. The lowest BCUT2D eigenvalue weighted by molar-refractivity contribution is 0.257. The number of aromatic nitrogens is 3. The number of hydrogen-bond acceptors (Lipinski definition) is 4. The second-order valence-electron chi connectivity index (χ2n) is 5.19. The Bertz CT molecular complexity index is 624. The molecular formula is C16H23N3O2S. The third-order valence-electron chi connectivity index (χ3n) is 3.55. The number of ether oxygens (including phenoxy) is 1. The minimum Gasteiger partial charge on any atom is -0.493 e. The number of para-hydroxylation sites is 1. The van der Waals surface area contributed by atoms with E-state index < -0.39 is 0 Å². The lowest BCUT2D eigenvalue weighted by Gasteiger charge is -2.17. The Morgan fingerprint density at radius 2 is 2.14 bits per heavy atom. The van der Waals surface area contributed by atoms with Crippen LogP contribution in [-0.4, -0.2) is 27.5 Å². The standard InChI is InChI=1S/C16H23N3O2S/c1-3-12(10-22-11-15-17-16(20)19-18-15)9-21-14-8-6-5-7-13(14)4-2/h5-8,12H,3-4,9-11H2,1-2H3,(H2,17,18,19,20). The van der Waals surface area contributed by atoms with Crippen molar-refractivity contribution in [3.63, 3.8) is 0 Å². The van der Waals surface area contributed by atoms with E-state index in [-0.39, 0.29) is 5.69 Å². The molecule has 6 heteroatoms. The number of aromatic amines is 2. The van der Waals surface area contributed by atoms with Crippen LogP contribution in [-0.2, 0) is 12.2 Å². The van der Waals surface area contributed by atoms with Crippen molar-refractivity contribution >= 4 is 11.8 Å². The summed E-state index contributed by atoms with van der Waals surface area (Å²) in [6.45, 7) is 5.04. The van der Waals surface area contributed by atoms with E-state index in [4.69, 9.17) is 4.74 Å². The van der Waals surface area contributed by atoms with E-state index in [1.165, 1.54) is 5.56 Å². The van der Waals surface area contributed by atoms with Gasteiger partial charge >= 0.3 is 5.69 Å². The molecule has 2 N–H and O–H groups in total. The number of thioether (sulfide) groups is 1. The molecule has 0 aliphatic carbocycles. The highest BCUT2D eigenvalue weighted by atomic mass is 32.2. The van der Waals surface area contributed by atoms with Gasteiger partial charge in [-0.3, -0.25) is 4.98 Å². The first-order valence-corrected chi connectivity index (χ1v) is 8.80. The molecule has 0 aliphatic heterocycles. The van der Waals surface area contributed by atoms with Gasteiger partial charge in [-0.2, -0.15) is 16.9 Å². The predicted molar refractivity (Wildman–Crippen MR) is 90.5 cm³/mol. The number of aryl methyl sites for hydroxylation is 1. The van der Waals surface area contributed by atoms with Gasteiger partial charge in [-0.15, -0.1) is 0 Å². The third-order valence-corrected chi connectivity index (χ3v) is 4.73. The molecule has 2 rings (SSSR count). The van der Waals surface area contributed by atoms with Gasteiger partial charge in [0.25, 0.3) is 0 Å². The topological polar surface area (TPSA) is 70.8 Å². The maximum atomic E-state index is 11.0. The van der Waals surface area contributed by atoms with E-state index in [0.717, 1.165) is 31.0 Å². The summed E-state index contributed by atoms with van der Waals surface area (Å²) in [6, 6.07) is 8.20. The van der Waals surface area contributed by atoms with E-state index in [1.807, 2.05) is 18.2 Å². The highest BCUT2D eigenvalue weighted by molar-refractivity contribution is 7.98. The van der Waals surface area contributed by atoms with Crippen molar-refractivity contribution < 1.29 is 4.74 Å². The smallest absolute Gasteiger partial charge is 0.340 e.